The maximum absolute atomic E-state index is 3.58. The monoisotopic (exact) mass is 357 g/mol. The van der Waals surface area contributed by atoms with Gasteiger partial charge in [0.05, 0.1) is 0 Å². The number of H-pyrrole nitrogens is 1. The molecule has 5 heteroatoms. The number of nitrogens with one attached hydrogen (secondary N) is 2. The average Bonchev–Trinajstić information content (AvgIpc) is 2.85. The van der Waals surface area contributed by atoms with Gasteiger partial charge in [-0.3, -0.25) is 4.90 Å². The minimum Gasteiger partial charge on any atom is -0.358 e. The van der Waals surface area contributed by atoms with E-state index in [1.54, 1.807) is 0 Å². The molecule has 0 amide bonds. The highest BCUT2D eigenvalue weighted by atomic mass is 35.5. The van der Waals surface area contributed by atoms with Gasteiger partial charge in [-0.05, 0) is 25.0 Å². The van der Waals surface area contributed by atoms with Crippen LogP contribution in [0, 0.1) is 6.92 Å². The number of halogens is 2. The lowest BCUT2D eigenvalue weighted by Crippen LogP contribution is -2.45. The van der Waals surface area contributed by atoms with Gasteiger partial charge < -0.3 is 10.3 Å². The Kier molecular flexibility index (Phi) is 8.41. The first-order valence-electron chi connectivity index (χ1n) is 8.33. The largest absolute Gasteiger partial charge is 0.358 e. The summed E-state index contributed by atoms with van der Waals surface area (Å²) in [7, 11) is 0. The van der Waals surface area contributed by atoms with E-state index in [9.17, 15) is 0 Å². The van der Waals surface area contributed by atoms with Crippen LogP contribution in [-0.4, -0.2) is 36.1 Å². The van der Waals surface area contributed by atoms with Crippen LogP contribution >= 0.6 is 24.8 Å². The van der Waals surface area contributed by atoms with E-state index in [1.165, 1.54) is 41.4 Å². The number of aromatic amines is 1. The molecule has 0 saturated carbocycles. The van der Waals surface area contributed by atoms with E-state index in [-0.39, 0.29) is 24.8 Å². The molecule has 1 saturated heterocycles. The molecule has 2 heterocycles. The molecule has 0 aliphatic carbocycles. The summed E-state index contributed by atoms with van der Waals surface area (Å²) in [4.78, 5) is 6.26. The molecule has 3 rings (SSSR count). The zero-order valence-corrected chi connectivity index (χ0v) is 15.7. The fourth-order valence-corrected chi connectivity index (χ4v) is 3.63. The van der Waals surface area contributed by atoms with Crippen molar-refractivity contribution in [2.75, 3.05) is 26.2 Å². The third-order valence-electron chi connectivity index (χ3n) is 4.70. The van der Waals surface area contributed by atoms with Gasteiger partial charge in [-0.1, -0.05) is 38.0 Å². The van der Waals surface area contributed by atoms with Crippen LogP contribution in [0.15, 0.2) is 24.3 Å². The zero-order valence-electron chi connectivity index (χ0n) is 14.1. The summed E-state index contributed by atoms with van der Waals surface area (Å²) in [6, 6.07) is 9.31. The molecule has 2 aromatic rings. The Bertz CT molecular complexity index is 591. The summed E-state index contributed by atoms with van der Waals surface area (Å²) in [6.07, 6.45) is 3.83. The second-order valence-corrected chi connectivity index (χ2v) is 6.15. The van der Waals surface area contributed by atoms with Gasteiger partial charge in [0, 0.05) is 48.8 Å². The van der Waals surface area contributed by atoms with E-state index < -0.39 is 0 Å². The molecule has 2 N–H and O–H groups in total. The molecule has 1 fully saturated rings. The Hall–Kier alpha value is -0.740. The van der Waals surface area contributed by atoms with Crippen molar-refractivity contribution in [2.24, 2.45) is 0 Å². The predicted molar refractivity (Wildman–Crippen MR) is 104 cm³/mol. The van der Waals surface area contributed by atoms with E-state index in [4.69, 9.17) is 0 Å². The van der Waals surface area contributed by atoms with Crippen molar-refractivity contribution in [2.45, 2.75) is 39.2 Å². The maximum atomic E-state index is 3.58. The first kappa shape index (κ1) is 20.3. The number of benzene rings is 1. The summed E-state index contributed by atoms with van der Waals surface area (Å²) in [5.74, 6) is 0. The number of hydrogen-bond acceptors (Lipinski definition) is 2. The second kappa shape index (κ2) is 9.53. The van der Waals surface area contributed by atoms with Crippen LogP contribution in [0.2, 0.25) is 0 Å². The third kappa shape index (κ3) is 4.42. The number of hydrogen-bond donors (Lipinski definition) is 2. The van der Waals surface area contributed by atoms with Gasteiger partial charge in [-0.25, -0.2) is 0 Å². The highest BCUT2D eigenvalue weighted by Crippen LogP contribution is 2.34. The van der Waals surface area contributed by atoms with E-state index in [0.717, 1.165) is 26.2 Å². The Morgan fingerprint density at radius 1 is 1.13 bits per heavy atom. The Morgan fingerprint density at radius 2 is 1.83 bits per heavy atom. The number of piperazine rings is 1. The molecule has 130 valence electrons. The van der Waals surface area contributed by atoms with Gasteiger partial charge >= 0.3 is 0 Å². The quantitative estimate of drug-likeness (QED) is 0.827. The van der Waals surface area contributed by atoms with Crippen molar-refractivity contribution in [3.63, 3.8) is 0 Å². The zero-order chi connectivity index (χ0) is 14.7. The molecule has 0 bridgehead atoms. The summed E-state index contributed by atoms with van der Waals surface area (Å²) < 4.78 is 0. The summed E-state index contributed by atoms with van der Waals surface area (Å²) in [6.45, 7) is 9.07. The fraction of sp³-hybridized carbons (Fsp3) is 0.556. The number of aromatic nitrogens is 1. The van der Waals surface area contributed by atoms with Crippen molar-refractivity contribution in [1.82, 2.24) is 15.2 Å². The van der Waals surface area contributed by atoms with E-state index in [1.807, 2.05) is 0 Å². The minimum absolute atomic E-state index is 0. The van der Waals surface area contributed by atoms with Crippen LogP contribution in [0.25, 0.3) is 10.9 Å². The molecule has 1 aromatic heterocycles. The van der Waals surface area contributed by atoms with Crippen LogP contribution in [0.1, 0.15) is 43.5 Å². The summed E-state index contributed by atoms with van der Waals surface area (Å²) in [5.41, 5.74) is 4.15. The Balaban J connectivity index is 0.00000132. The summed E-state index contributed by atoms with van der Waals surface area (Å²) in [5, 5.41) is 4.88. The van der Waals surface area contributed by atoms with Gasteiger partial charge in [0.2, 0.25) is 0 Å². The Labute approximate surface area is 152 Å². The van der Waals surface area contributed by atoms with Crippen LogP contribution in [-0.2, 0) is 0 Å². The summed E-state index contributed by atoms with van der Waals surface area (Å²) >= 11 is 0. The van der Waals surface area contributed by atoms with Crippen molar-refractivity contribution in [3.05, 3.63) is 35.5 Å². The number of para-hydroxylation sites is 1. The van der Waals surface area contributed by atoms with Gasteiger partial charge in [0.1, 0.15) is 0 Å². The lowest BCUT2D eigenvalue weighted by atomic mass is 9.96. The molecule has 1 aliphatic rings. The molecular weight excluding hydrogens is 329 g/mol. The predicted octanol–water partition coefficient (Wildman–Crippen LogP) is 4.46. The number of nitrogens with zero attached hydrogens (tertiary/aromatic N) is 1. The van der Waals surface area contributed by atoms with Gasteiger partial charge in [-0.2, -0.15) is 0 Å². The van der Waals surface area contributed by atoms with Gasteiger partial charge in [-0.15, -0.1) is 24.8 Å². The van der Waals surface area contributed by atoms with Crippen molar-refractivity contribution in [1.29, 1.82) is 0 Å². The lowest BCUT2D eigenvalue weighted by Gasteiger charge is -2.35. The molecule has 1 aromatic carbocycles. The van der Waals surface area contributed by atoms with Crippen LogP contribution in [0.5, 0.6) is 0 Å². The van der Waals surface area contributed by atoms with Gasteiger partial charge in [0.25, 0.3) is 0 Å². The first-order valence-corrected chi connectivity index (χ1v) is 8.33. The third-order valence-corrected chi connectivity index (χ3v) is 4.70. The molecule has 3 nitrogen and oxygen atoms in total. The van der Waals surface area contributed by atoms with Crippen molar-refractivity contribution >= 4 is 35.7 Å². The lowest BCUT2D eigenvalue weighted by molar-refractivity contribution is 0.163. The molecular formula is C18H29Cl2N3. The number of unbranched alkanes of at least 4 members (excludes halogenated alkanes) is 1. The van der Waals surface area contributed by atoms with Crippen LogP contribution < -0.4 is 5.32 Å². The SMILES string of the molecule is CCCC[C@H](c1c(C)[nH]c2ccccc12)N1CCNCC1.Cl.Cl. The second-order valence-electron chi connectivity index (χ2n) is 6.15. The highest BCUT2D eigenvalue weighted by Gasteiger charge is 2.25. The molecule has 0 spiro atoms. The number of aryl methyl sites for hydroxylation is 1. The van der Waals surface area contributed by atoms with Crippen LogP contribution in [0.4, 0.5) is 0 Å². The standard InChI is InChI=1S/C18H27N3.2ClH/c1-3-4-9-17(21-12-10-19-11-13-21)18-14(2)20-16-8-6-5-7-15(16)18;;/h5-8,17,19-20H,3-4,9-13H2,1-2H3;2*1H/t17-;;/m1../s1. The molecule has 1 aliphatic heterocycles. The van der Waals surface area contributed by atoms with Crippen molar-refractivity contribution < 1.29 is 0 Å². The normalized spacial score (nSPS) is 16.6. The van der Waals surface area contributed by atoms with E-state index >= 15 is 0 Å². The fourth-order valence-electron chi connectivity index (χ4n) is 3.63. The number of fused-ring (bicyclic) bond motifs is 1. The minimum atomic E-state index is 0. The average molecular weight is 358 g/mol. The smallest absolute Gasteiger partial charge is 0.0459 e. The van der Waals surface area contributed by atoms with Gasteiger partial charge in [0.15, 0.2) is 0 Å². The number of rotatable bonds is 5. The molecule has 0 unspecified atom stereocenters. The topological polar surface area (TPSA) is 31.1 Å². The molecule has 23 heavy (non-hydrogen) atoms. The van der Waals surface area contributed by atoms with Crippen LogP contribution in [0.3, 0.4) is 0 Å². The van der Waals surface area contributed by atoms with Crippen molar-refractivity contribution in [3.8, 4) is 0 Å². The van der Waals surface area contributed by atoms with E-state index in [0.29, 0.717) is 6.04 Å². The Morgan fingerprint density at radius 3 is 2.52 bits per heavy atom. The molecule has 0 radical (unpaired) electrons. The molecule has 1 atom stereocenters. The highest BCUT2D eigenvalue weighted by molar-refractivity contribution is 5.86. The first-order chi connectivity index (χ1) is 10.3. The van der Waals surface area contributed by atoms with E-state index in [2.05, 4.69) is 53.3 Å². The maximum Gasteiger partial charge on any atom is 0.0459 e.